The van der Waals surface area contributed by atoms with Crippen molar-refractivity contribution < 1.29 is 4.74 Å². The molecule has 0 aliphatic carbocycles. The number of nitrogens with one attached hydrogen (secondary N) is 2. The Bertz CT molecular complexity index is 1040. The molecular weight excluding hydrogens is 403 g/mol. The lowest BCUT2D eigenvalue weighted by atomic mass is 10.1. The van der Waals surface area contributed by atoms with Crippen molar-refractivity contribution in [3.8, 4) is 5.75 Å². The van der Waals surface area contributed by atoms with Crippen LogP contribution in [0.15, 0.2) is 79.0 Å². The summed E-state index contributed by atoms with van der Waals surface area (Å²) in [6.45, 7) is 2.22. The molecule has 4 aromatic rings. The third-order valence-electron chi connectivity index (χ3n) is 4.84. The molecule has 0 saturated carbocycles. The molecule has 0 fully saturated rings. The van der Waals surface area contributed by atoms with Crippen LogP contribution in [0.4, 0.5) is 0 Å². The predicted molar refractivity (Wildman–Crippen MR) is 123 cm³/mol. The topological polar surface area (TPSA) is 37.0 Å². The number of hydrogen-bond donors (Lipinski definition) is 2. The lowest BCUT2D eigenvalue weighted by Crippen LogP contribution is -2.17. The molecule has 0 saturated heterocycles. The van der Waals surface area contributed by atoms with E-state index in [0.717, 1.165) is 41.4 Å². The molecule has 29 heavy (non-hydrogen) atoms. The van der Waals surface area contributed by atoms with E-state index in [9.17, 15) is 0 Å². The highest BCUT2D eigenvalue weighted by molar-refractivity contribution is 6.30. The molecule has 3 nitrogen and oxygen atoms in total. The van der Waals surface area contributed by atoms with Gasteiger partial charge in [0.25, 0.3) is 0 Å². The van der Waals surface area contributed by atoms with E-state index in [-0.39, 0.29) is 12.4 Å². The van der Waals surface area contributed by atoms with Crippen LogP contribution in [0.2, 0.25) is 5.02 Å². The Hall–Kier alpha value is -2.46. The Labute approximate surface area is 182 Å². The molecule has 0 unspecified atom stereocenters. The number of halogens is 2. The van der Waals surface area contributed by atoms with E-state index in [4.69, 9.17) is 16.3 Å². The van der Waals surface area contributed by atoms with E-state index >= 15 is 0 Å². The molecule has 2 N–H and O–H groups in total. The van der Waals surface area contributed by atoms with E-state index in [1.54, 1.807) is 0 Å². The maximum Gasteiger partial charge on any atom is 0.124 e. The van der Waals surface area contributed by atoms with Gasteiger partial charge in [-0.15, -0.1) is 12.4 Å². The van der Waals surface area contributed by atoms with Crippen LogP contribution in [-0.4, -0.2) is 11.5 Å². The maximum absolute atomic E-state index is 6.04. The molecule has 0 radical (unpaired) electrons. The Balaban J connectivity index is 0.00000240. The molecule has 0 aliphatic heterocycles. The van der Waals surface area contributed by atoms with E-state index < -0.39 is 0 Å². The molecule has 0 atom stereocenters. The van der Waals surface area contributed by atoms with Crippen molar-refractivity contribution in [2.75, 3.05) is 6.54 Å². The zero-order valence-electron chi connectivity index (χ0n) is 16.0. The second kappa shape index (κ2) is 10.4. The fourth-order valence-electron chi connectivity index (χ4n) is 3.32. The highest BCUT2D eigenvalue weighted by atomic mass is 35.5. The van der Waals surface area contributed by atoms with Crippen LogP contribution in [0, 0.1) is 0 Å². The van der Waals surface area contributed by atoms with Crippen LogP contribution in [0.3, 0.4) is 0 Å². The molecule has 5 heteroatoms. The molecule has 0 amide bonds. The minimum absolute atomic E-state index is 0. The number of hydrogen-bond acceptors (Lipinski definition) is 2. The van der Waals surface area contributed by atoms with Gasteiger partial charge in [-0.25, -0.2) is 0 Å². The fraction of sp³-hybridized carbons (Fsp3) is 0.167. The van der Waals surface area contributed by atoms with E-state index in [1.165, 1.54) is 16.5 Å². The SMILES string of the molecule is Cl.Clc1ccc(COc2ccccc2CNCCc2c[nH]c3ccccc23)cc1. The number of aromatic nitrogens is 1. The summed E-state index contributed by atoms with van der Waals surface area (Å²) >= 11 is 5.94. The van der Waals surface area contributed by atoms with Crippen LogP contribution in [0.1, 0.15) is 16.7 Å². The second-order valence-electron chi connectivity index (χ2n) is 6.81. The predicted octanol–water partition coefficient (Wildman–Crippen LogP) is 6.15. The van der Waals surface area contributed by atoms with Crippen molar-refractivity contribution in [1.82, 2.24) is 10.3 Å². The van der Waals surface area contributed by atoms with E-state index in [1.807, 2.05) is 42.5 Å². The van der Waals surface area contributed by atoms with Gasteiger partial charge in [0.15, 0.2) is 0 Å². The smallest absolute Gasteiger partial charge is 0.124 e. The number of rotatable bonds is 8. The Morgan fingerprint density at radius 2 is 1.62 bits per heavy atom. The summed E-state index contributed by atoms with van der Waals surface area (Å²) in [5.74, 6) is 0.914. The van der Waals surface area contributed by atoms with Crippen molar-refractivity contribution in [1.29, 1.82) is 0 Å². The van der Waals surface area contributed by atoms with E-state index in [2.05, 4.69) is 46.8 Å². The van der Waals surface area contributed by atoms with Gasteiger partial charge in [-0.2, -0.15) is 0 Å². The first-order valence-electron chi connectivity index (χ1n) is 9.50. The zero-order chi connectivity index (χ0) is 19.2. The van der Waals surface area contributed by atoms with Crippen LogP contribution in [0.25, 0.3) is 10.9 Å². The highest BCUT2D eigenvalue weighted by Crippen LogP contribution is 2.21. The number of fused-ring (bicyclic) bond motifs is 1. The van der Waals surface area contributed by atoms with Gasteiger partial charge in [-0.3, -0.25) is 0 Å². The Morgan fingerprint density at radius 3 is 2.48 bits per heavy atom. The van der Waals surface area contributed by atoms with Gasteiger partial charge < -0.3 is 15.0 Å². The average Bonchev–Trinajstić information content (AvgIpc) is 3.15. The Kier molecular flexibility index (Phi) is 7.59. The molecule has 4 rings (SSSR count). The number of benzene rings is 3. The van der Waals surface area contributed by atoms with Crippen LogP contribution in [0.5, 0.6) is 5.75 Å². The number of H-pyrrole nitrogens is 1. The van der Waals surface area contributed by atoms with Crippen molar-refractivity contribution in [3.63, 3.8) is 0 Å². The summed E-state index contributed by atoms with van der Waals surface area (Å²) in [5.41, 5.74) is 4.80. The summed E-state index contributed by atoms with van der Waals surface area (Å²) in [4.78, 5) is 3.34. The lowest BCUT2D eigenvalue weighted by Gasteiger charge is -2.12. The fourth-order valence-corrected chi connectivity index (χ4v) is 3.44. The summed E-state index contributed by atoms with van der Waals surface area (Å²) in [7, 11) is 0. The lowest BCUT2D eigenvalue weighted by molar-refractivity contribution is 0.302. The minimum Gasteiger partial charge on any atom is -0.489 e. The van der Waals surface area contributed by atoms with Gasteiger partial charge in [0.1, 0.15) is 12.4 Å². The van der Waals surface area contributed by atoms with Crippen molar-refractivity contribution in [2.45, 2.75) is 19.6 Å². The van der Waals surface area contributed by atoms with Crippen molar-refractivity contribution in [3.05, 3.63) is 101 Å². The maximum atomic E-state index is 6.04. The van der Waals surface area contributed by atoms with Crippen LogP contribution < -0.4 is 10.1 Å². The van der Waals surface area contributed by atoms with Crippen LogP contribution >= 0.6 is 24.0 Å². The standard InChI is InChI=1S/C24H23ClN2O.ClH/c25-21-11-9-18(10-12-21)17-28-24-8-4-1-5-20(24)15-26-14-13-19-16-27-23-7-3-2-6-22(19)23;/h1-12,16,26-27H,13-15,17H2;1H. The highest BCUT2D eigenvalue weighted by Gasteiger charge is 2.05. The summed E-state index contributed by atoms with van der Waals surface area (Å²) in [6, 6.07) is 24.4. The summed E-state index contributed by atoms with van der Waals surface area (Å²) in [5, 5.41) is 5.58. The largest absolute Gasteiger partial charge is 0.489 e. The van der Waals surface area contributed by atoms with E-state index in [0.29, 0.717) is 6.61 Å². The molecule has 1 heterocycles. The van der Waals surface area contributed by atoms with Gasteiger partial charge in [-0.1, -0.05) is 60.1 Å². The van der Waals surface area contributed by atoms with Gasteiger partial charge in [-0.05, 0) is 48.4 Å². The van der Waals surface area contributed by atoms with Crippen molar-refractivity contribution in [2.24, 2.45) is 0 Å². The Morgan fingerprint density at radius 1 is 0.862 bits per heavy atom. The minimum atomic E-state index is 0. The number of aromatic amines is 1. The third kappa shape index (κ3) is 5.54. The molecule has 150 valence electrons. The summed E-state index contributed by atoms with van der Waals surface area (Å²) in [6.07, 6.45) is 3.09. The monoisotopic (exact) mass is 426 g/mol. The first-order valence-corrected chi connectivity index (χ1v) is 9.88. The van der Waals surface area contributed by atoms with Crippen LogP contribution in [-0.2, 0) is 19.6 Å². The third-order valence-corrected chi connectivity index (χ3v) is 5.09. The molecular formula is C24H24Cl2N2O. The number of ether oxygens (including phenoxy) is 1. The van der Waals surface area contributed by atoms with Gasteiger partial charge in [0, 0.05) is 34.2 Å². The van der Waals surface area contributed by atoms with Gasteiger partial charge in [0.2, 0.25) is 0 Å². The first kappa shape index (κ1) is 21.3. The van der Waals surface area contributed by atoms with Gasteiger partial charge in [0.05, 0.1) is 0 Å². The normalized spacial score (nSPS) is 10.7. The zero-order valence-corrected chi connectivity index (χ0v) is 17.6. The molecule has 0 spiro atoms. The van der Waals surface area contributed by atoms with Crippen molar-refractivity contribution >= 4 is 34.9 Å². The quantitative estimate of drug-likeness (QED) is 0.331. The second-order valence-corrected chi connectivity index (χ2v) is 7.25. The molecule has 3 aromatic carbocycles. The molecule has 0 aliphatic rings. The average molecular weight is 427 g/mol. The first-order chi connectivity index (χ1) is 13.8. The summed E-state index contributed by atoms with van der Waals surface area (Å²) < 4.78 is 6.04. The molecule has 1 aromatic heterocycles. The molecule has 0 bridgehead atoms. The number of para-hydroxylation sites is 2. The van der Waals surface area contributed by atoms with Gasteiger partial charge >= 0.3 is 0 Å².